The number of carbonyl (C=O) groups is 4. The first-order chi connectivity index (χ1) is 51.4. The number of aryl methyl sites for hydroxylation is 1. The molecule has 2 aliphatic rings. The molecule has 1 unspecified atom stereocenters. The Morgan fingerprint density at radius 2 is 1.09 bits per heavy atom. The highest BCUT2D eigenvalue weighted by atomic mass is 19.1. The minimum Gasteiger partial charge on any atom is -0.486 e. The molecule has 6 aromatic carbocycles. The number of halogens is 3. The molecule has 0 bridgehead atoms. The predicted molar refractivity (Wildman–Crippen MR) is 389 cm³/mol. The standard InChI is InChI=1S/C28H20FN3O4.C27H18FN3O5.C25H17FN2O6/c1-35-28(34)26-24(18-7-3-5-9-22(18)33)25-21(13-19(29)17-10-11-36-27(17)25)32(26)14-15-12-23(30)31-20-8-4-2-6-16(15)20;1-30-19-7-3-2-5-15(19)14(11-21(30)32)13-31-20-12-18(28)16-8-10-36-25(16)23(20)22(24(31)27(34)35)17-6-4-9-29-26(17)33;26-16-10-17-21(23-14(16)7-9-32-23)20(15-4-3-8-27-24(15)29)22(25(30)31)28(17)11-13-12-33-18-5-1-2-6-19(18)34-13/h2-8,10-13H,9,14H2,1H3,(H2,30,31);2-12H,13H2,1H3,(H,29,33)(H,34,35);1-10,13H,11-12H2,(H,27,29)(H,30,31). The van der Waals surface area contributed by atoms with E-state index in [9.17, 15) is 48.2 Å². The maximum Gasteiger partial charge on any atom is 0.355 e. The van der Waals surface area contributed by atoms with Crippen molar-refractivity contribution in [3.8, 4) is 33.8 Å². The lowest BCUT2D eigenvalue weighted by Gasteiger charge is -2.27. The zero-order chi connectivity index (χ0) is 73.5. The average molecular weight is 1430 g/mol. The number of pyridine rings is 4. The second kappa shape index (κ2) is 26.3. The molecule has 23 nitrogen and oxygen atoms in total. The number of aromatic amines is 2. The number of nitrogen functional groups attached to an aromatic ring is 1. The maximum atomic E-state index is 15.2. The number of allylic oxidation sites excluding steroid dienone is 4. The third kappa shape index (κ3) is 11.1. The van der Waals surface area contributed by atoms with Gasteiger partial charge in [-0.3, -0.25) is 19.2 Å². The summed E-state index contributed by atoms with van der Waals surface area (Å²) in [6, 6.07) is 39.6. The van der Waals surface area contributed by atoms with E-state index in [2.05, 4.69) is 15.0 Å². The fourth-order valence-corrected chi connectivity index (χ4v) is 14.5. The van der Waals surface area contributed by atoms with Gasteiger partial charge in [-0.1, -0.05) is 66.8 Å². The van der Waals surface area contributed by atoms with Gasteiger partial charge in [0, 0.05) is 78.1 Å². The lowest BCUT2D eigenvalue weighted by atomic mass is 9.93. The van der Waals surface area contributed by atoms with E-state index in [4.69, 9.17) is 33.2 Å². The van der Waals surface area contributed by atoms with E-state index in [1.807, 2.05) is 48.5 Å². The zero-order valence-electron chi connectivity index (χ0n) is 55.7. The Kier molecular flexibility index (Phi) is 16.5. The summed E-state index contributed by atoms with van der Waals surface area (Å²) < 4.78 is 85.2. The Morgan fingerprint density at radius 3 is 1.66 bits per heavy atom. The van der Waals surface area contributed by atoms with Crippen molar-refractivity contribution in [2.24, 2.45) is 7.05 Å². The van der Waals surface area contributed by atoms with Crippen molar-refractivity contribution in [1.82, 2.24) is 33.2 Å². The molecule has 0 fully saturated rings. The number of nitrogens with one attached hydrogen (secondary N) is 2. The number of carbonyl (C=O) groups excluding carboxylic acids is 2. The van der Waals surface area contributed by atoms with Gasteiger partial charge in [-0.25, -0.2) is 32.5 Å². The first-order valence-corrected chi connectivity index (χ1v) is 32.9. The van der Waals surface area contributed by atoms with Crippen LogP contribution in [0.2, 0.25) is 0 Å². The molecule has 1 aliphatic heterocycles. The number of furan rings is 3. The van der Waals surface area contributed by atoms with Crippen molar-refractivity contribution in [3.63, 3.8) is 0 Å². The third-order valence-corrected chi connectivity index (χ3v) is 19.1. The number of aromatic nitrogens is 7. The van der Waals surface area contributed by atoms with Crippen LogP contribution in [0, 0.1) is 17.5 Å². The average Bonchev–Trinajstić information content (AvgIpc) is 1.58. The molecule has 0 radical (unpaired) electrons. The van der Waals surface area contributed by atoms with Crippen molar-refractivity contribution >= 4 is 123 Å². The number of H-pyrrole nitrogens is 2. The molecule has 10 aromatic heterocycles. The van der Waals surface area contributed by atoms with Crippen molar-refractivity contribution in [2.45, 2.75) is 32.2 Å². The predicted octanol–water partition coefficient (Wildman–Crippen LogP) is 14.3. The van der Waals surface area contributed by atoms with Gasteiger partial charge in [0.2, 0.25) is 0 Å². The molecule has 26 heteroatoms. The summed E-state index contributed by atoms with van der Waals surface area (Å²) in [5.41, 5.74) is 9.98. The molecule has 18 rings (SSSR count). The van der Waals surface area contributed by atoms with E-state index in [0.29, 0.717) is 66.7 Å². The minimum absolute atomic E-state index is 0.0445. The summed E-state index contributed by atoms with van der Waals surface area (Å²) in [6.45, 7) is 0.313. The van der Waals surface area contributed by atoms with Crippen LogP contribution in [0.25, 0.3) is 115 Å². The Hall–Kier alpha value is -14.2. The number of fused-ring (bicyclic) bond motifs is 12. The summed E-state index contributed by atoms with van der Waals surface area (Å²) >= 11 is 0. The van der Waals surface area contributed by atoms with Crippen LogP contribution in [0.4, 0.5) is 19.0 Å². The number of carboxylic acid groups (broad SMARTS) is 2. The largest absolute Gasteiger partial charge is 0.486 e. The molecule has 0 spiro atoms. The van der Waals surface area contributed by atoms with E-state index < -0.39 is 52.6 Å². The molecule has 11 heterocycles. The second-order valence-electron chi connectivity index (χ2n) is 25.1. The van der Waals surface area contributed by atoms with Gasteiger partial charge in [0.1, 0.15) is 63.7 Å². The number of carboxylic acids is 2. The topological polar surface area (TPSA) is 317 Å². The van der Waals surface area contributed by atoms with Gasteiger partial charge in [0.25, 0.3) is 16.7 Å². The van der Waals surface area contributed by atoms with Gasteiger partial charge < -0.3 is 71.6 Å². The number of ether oxygens (including phenoxy) is 3. The number of rotatable bonds is 12. The van der Waals surface area contributed by atoms with Crippen LogP contribution in [0.5, 0.6) is 11.5 Å². The number of esters is 1. The molecule has 6 N–H and O–H groups in total. The van der Waals surface area contributed by atoms with Gasteiger partial charge in [0.05, 0.1) is 103 Å². The molecule has 526 valence electrons. The molecule has 0 saturated heterocycles. The molecular weight excluding hydrogens is 1370 g/mol. The molecule has 0 saturated carbocycles. The number of methoxy groups -OCH3 is 1. The number of ketones is 1. The summed E-state index contributed by atoms with van der Waals surface area (Å²) in [5.74, 6) is -3.62. The maximum absolute atomic E-state index is 15.2. The fourth-order valence-electron chi connectivity index (χ4n) is 14.5. The SMILES string of the molecule is COC(=O)c1c(C2=CC=CCC2=O)c2c3occc3c(F)cc2n1Cc1cc(N)nc2ccccc12.Cn1c(=O)cc(Cn2c(C(=O)O)c(-c3ccc[nH]c3=O)c3c4occc4c(F)cc32)c2ccccc21.O=C(O)c1c(-c2ccc[nH]c2=O)c2c3occc3c(F)cc2n1CC1COc2ccccc2O1. The number of anilines is 1. The van der Waals surface area contributed by atoms with Gasteiger partial charge >= 0.3 is 17.9 Å². The van der Waals surface area contributed by atoms with Crippen LogP contribution in [-0.4, -0.2) is 86.9 Å². The zero-order valence-corrected chi connectivity index (χ0v) is 55.7. The number of benzene rings is 6. The molecule has 106 heavy (non-hydrogen) atoms. The van der Waals surface area contributed by atoms with Crippen LogP contribution in [0.3, 0.4) is 0 Å². The van der Waals surface area contributed by atoms with Gasteiger partial charge in [-0.2, -0.15) is 0 Å². The molecule has 1 aliphatic carbocycles. The number of nitrogens with zero attached hydrogens (tertiary/aromatic N) is 5. The van der Waals surface area contributed by atoms with Crippen molar-refractivity contribution < 1.29 is 70.0 Å². The van der Waals surface area contributed by atoms with E-state index >= 15 is 8.78 Å². The summed E-state index contributed by atoms with van der Waals surface area (Å²) in [5, 5.41) is 23.9. The highest BCUT2D eigenvalue weighted by Gasteiger charge is 2.35. The van der Waals surface area contributed by atoms with Gasteiger partial charge in [-0.05, 0) is 102 Å². The number of nitrogens with two attached hydrogens (primary N) is 1. The summed E-state index contributed by atoms with van der Waals surface area (Å²) in [7, 11) is 2.93. The van der Waals surface area contributed by atoms with Crippen molar-refractivity contribution in [1.29, 1.82) is 0 Å². The monoisotopic (exact) mass is 1420 g/mol. The lowest BCUT2D eigenvalue weighted by Crippen LogP contribution is -2.34. The van der Waals surface area contributed by atoms with Crippen molar-refractivity contribution in [3.05, 3.63) is 277 Å². The number of Topliss-reactive ketones (excluding diaryl/α,β-unsaturated/α-hetero) is 1. The highest BCUT2D eigenvalue weighted by molar-refractivity contribution is 6.30. The quantitative estimate of drug-likeness (QED) is 0.0710. The Morgan fingerprint density at radius 1 is 0.585 bits per heavy atom. The van der Waals surface area contributed by atoms with Gasteiger partial charge in [-0.15, -0.1) is 0 Å². The normalized spacial score (nSPS) is 13.4. The molecular formula is C80H55F3N8O15. The molecule has 16 aromatic rings. The Balaban J connectivity index is 0.000000122. The highest BCUT2D eigenvalue weighted by Crippen LogP contribution is 2.45. The summed E-state index contributed by atoms with van der Waals surface area (Å²) in [6.07, 6.45) is 11.7. The number of para-hydroxylation sites is 4. The fraction of sp³-hybridized carbons (Fsp3) is 0.100. The molecule has 1 atom stereocenters. The number of hydrogen-bond donors (Lipinski definition) is 5. The Labute approximate surface area is 592 Å². The van der Waals surface area contributed by atoms with Crippen LogP contribution in [0.15, 0.2) is 223 Å². The molecule has 0 amide bonds. The van der Waals surface area contributed by atoms with Crippen LogP contribution in [0.1, 0.15) is 54.6 Å². The third-order valence-electron chi connectivity index (χ3n) is 19.1. The van der Waals surface area contributed by atoms with E-state index in [-0.39, 0.29) is 127 Å². The second-order valence-corrected chi connectivity index (χ2v) is 25.1. The smallest absolute Gasteiger partial charge is 0.355 e. The van der Waals surface area contributed by atoms with E-state index in [1.165, 1.54) is 107 Å². The van der Waals surface area contributed by atoms with Crippen molar-refractivity contribution in [2.75, 3.05) is 19.5 Å². The first kappa shape index (κ1) is 66.4. The van der Waals surface area contributed by atoms with E-state index in [1.54, 1.807) is 72.3 Å². The van der Waals surface area contributed by atoms with Gasteiger partial charge in [0.15, 0.2) is 23.4 Å². The Bertz CT molecular complexity index is 6670. The van der Waals surface area contributed by atoms with E-state index in [0.717, 1.165) is 16.3 Å². The van der Waals surface area contributed by atoms with Crippen LogP contribution >= 0.6 is 0 Å². The number of aromatic carboxylic acids is 2. The first-order valence-electron chi connectivity index (χ1n) is 32.9. The lowest BCUT2D eigenvalue weighted by molar-refractivity contribution is -0.113. The number of hydrogen-bond acceptors (Lipinski definition) is 15. The van der Waals surface area contributed by atoms with Crippen LogP contribution in [-0.2, 0) is 36.2 Å². The minimum atomic E-state index is -1.31. The summed E-state index contributed by atoms with van der Waals surface area (Å²) in [4.78, 5) is 99.3. The van der Waals surface area contributed by atoms with Crippen LogP contribution < -0.4 is 31.9 Å².